The SMILES string of the molecule is CCc1c2cccc(Br)c2nn1[C@H](C)[C@](O)(Cn1cncn1)c1ccc(F)cc1F. The number of hydrogen-bond donors (Lipinski definition) is 1. The first kappa shape index (κ1) is 20.6. The Balaban J connectivity index is 1.91. The van der Waals surface area contributed by atoms with Gasteiger partial charge in [0.15, 0.2) is 0 Å². The molecule has 4 aromatic rings. The number of benzene rings is 2. The Bertz CT molecular complexity index is 1190. The van der Waals surface area contributed by atoms with E-state index >= 15 is 0 Å². The predicted molar refractivity (Wildman–Crippen MR) is 112 cm³/mol. The quantitative estimate of drug-likeness (QED) is 0.449. The van der Waals surface area contributed by atoms with Gasteiger partial charge in [0.1, 0.15) is 35.4 Å². The highest BCUT2D eigenvalue weighted by Gasteiger charge is 2.41. The molecule has 4 rings (SSSR count). The van der Waals surface area contributed by atoms with Crippen LogP contribution in [0.25, 0.3) is 10.9 Å². The zero-order chi connectivity index (χ0) is 21.5. The van der Waals surface area contributed by atoms with Gasteiger partial charge in [-0.25, -0.2) is 18.4 Å². The normalized spacial score (nSPS) is 14.7. The second-order valence-corrected chi connectivity index (χ2v) is 8.05. The average molecular weight is 476 g/mol. The molecular formula is C21H20BrF2N5O. The third-order valence-electron chi connectivity index (χ3n) is 5.44. The Morgan fingerprint density at radius 3 is 2.70 bits per heavy atom. The van der Waals surface area contributed by atoms with Crippen LogP contribution in [0.15, 0.2) is 53.5 Å². The zero-order valence-corrected chi connectivity index (χ0v) is 18.0. The molecule has 0 bridgehead atoms. The highest BCUT2D eigenvalue weighted by Crippen LogP contribution is 2.39. The van der Waals surface area contributed by atoms with Gasteiger partial charge in [0.05, 0.1) is 12.6 Å². The first-order chi connectivity index (χ1) is 14.3. The summed E-state index contributed by atoms with van der Waals surface area (Å²) in [7, 11) is 0. The van der Waals surface area contributed by atoms with E-state index in [-0.39, 0.29) is 12.1 Å². The average Bonchev–Trinajstić information content (AvgIpc) is 3.35. The fourth-order valence-corrected chi connectivity index (χ4v) is 4.31. The molecule has 9 heteroatoms. The van der Waals surface area contributed by atoms with Crippen molar-refractivity contribution < 1.29 is 13.9 Å². The number of aromatic nitrogens is 5. The van der Waals surface area contributed by atoms with Crippen molar-refractivity contribution in [3.8, 4) is 0 Å². The summed E-state index contributed by atoms with van der Waals surface area (Å²) in [5.74, 6) is -1.55. The van der Waals surface area contributed by atoms with Crippen molar-refractivity contribution in [2.75, 3.05) is 0 Å². The van der Waals surface area contributed by atoms with Gasteiger partial charge in [-0.1, -0.05) is 25.1 Å². The number of aryl methyl sites for hydroxylation is 1. The van der Waals surface area contributed by atoms with Crippen LogP contribution in [-0.4, -0.2) is 29.7 Å². The number of rotatable bonds is 6. The molecule has 156 valence electrons. The van der Waals surface area contributed by atoms with Crippen molar-refractivity contribution in [1.82, 2.24) is 24.5 Å². The Hall–Kier alpha value is -2.65. The van der Waals surface area contributed by atoms with Crippen LogP contribution >= 0.6 is 15.9 Å². The Morgan fingerprint density at radius 1 is 1.23 bits per heavy atom. The van der Waals surface area contributed by atoms with Crippen molar-refractivity contribution in [3.63, 3.8) is 0 Å². The van der Waals surface area contributed by atoms with E-state index in [1.807, 2.05) is 25.1 Å². The van der Waals surface area contributed by atoms with Gasteiger partial charge >= 0.3 is 0 Å². The van der Waals surface area contributed by atoms with Gasteiger partial charge in [0, 0.05) is 27.2 Å². The molecule has 2 aromatic carbocycles. The van der Waals surface area contributed by atoms with E-state index in [0.717, 1.165) is 33.2 Å². The smallest absolute Gasteiger partial charge is 0.137 e. The first-order valence-electron chi connectivity index (χ1n) is 9.51. The number of halogens is 3. The van der Waals surface area contributed by atoms with Crippen LogP contribution in [-0.2, 0) is 18.6 Å². The lowest BCUT2D eigenvalue weighted by Gasteiger charge is -2.35. The second kappa shape index (κ2) is 7.88. The van der Waals surface area contributed by atoms with Crippen molar-refractivity contribution >= 4 is 26.8 Å². The minimum Gasteiger partial charge on any atom is -0.381 e. The van der Waals surface area contributed by atoms with E-state index in [1.165, 1.54) is 23.4 Å². The largest absolute Gasteiger partial charge is 0.381 e. The van der Waals surface area contributed by atoms with Crippen molar-refractivity contribution in [1.29, 1.82) is 0 Å². The van der Waals surface area contributed by atoms with Crippen molar-refractivity contribution in [2.24, 2.45) is 0 Å². The summed E-state index contributed by atoms with van der Waals surface area (Å²) < 4.78 is 32.4. The Morgan fingerprint density at radius 2 is 2.03 bits per heavy atom. The molecular weight excluding hydrogens is 456 g/mol. The molecule has 0 saturated carbocycles. The second-order valence-electron chi connectivity index (χ2n) is 7.20. The van der Waals surface area contributed by atoms with E-state index in [9.17, 15) is 13.9 Å². The summed E-state index contributed by atoms with van der Waals surface area (Å²) in [5.41, 5.74) is -0.154. The summed E-state index contributed by atoms with van der Waals surface area (Å²) in [5, 5.41) is 21.6. The maximum atomic E-state index is 14.8. The maximum Gasteiger partial charge on any atom is 0.137 e. The fraction of sp³-hybridized carbons (Fsp3) is 0.286. The molecule has 0 aliphatic carbocycles. The number of hydrogen-bond acceptors (Lipinski definition) is 4. The molecule has 1 N–H and O–H groups in total. The fourth-order valence-electron chi connectivity index (χ4n) is 3.86. The molecule has 2 heterocycles. The van der Waals surface area contributed by atoms with E-state index < -0.39 is 23.3 Å². The number of aliphatic hydroxyl groups is 1. The third-order valence-corrected chi connectivity index (χ3v) is 6.08. The highest BCUT2D eigenvalue weighted by atomic mass is 79.9. The first-order valence-corrected chi connectivity index (χ1v) is 10.3. The van der Waals surface area contributed by atoms with E-state index in [4.69, 9.17) is 5.10 Å². The lowest BCUT2D eigenvalue weighted by Crippen LogP contribution is -2.41. The van der Waals surface area contributed by atoms with Crippen LogP contribution in [0.3, 0.4) is 0 Å². The molecule has 0 fully saturated rings. The van der Waals surface area contributed by atoms with Crippen molar-refractivity contribution in [3.05, 3.63) is 76.4 Å². The Kier molecular flexibility index (Phi) is 5.42. The Labute approximate surface area is 180 Å². The molecule has 2 aromatic heterocycles. The molecule has 0 aliphatic rings. The minimum absolute atomic E-state index is 0.0347. The summed E-state index contributed by atoms with van der Waals surface area (Å²) in [4.78, 5) is 3.91. The van der Waals surface area contributed by atoms with E-state index in [2.05, 4.69) is 26.0 Å². The lowest BCUT2D eigenvalue weighted by atomic mass is 9.86. The number of nitrogens with zero attached hydrogens (tertiary/aromatic N) is 5. The molecule has 0 saturated heterocycles. The van der Waals surface area contributed by atoms with E-state index in [1.54, 1.807) is 11.6 Å². The molecule has 0 spiro atoms. The van der Waals surface area contributed by atoms with Gasteiger partial charge in [0.2, 0.25) is 0 Å². The van der Waals surface area contributed by atoms with Crippen LogP contribution in [0.5, 0.6) is 0 Å². The highest BCUT2D eigenvalue weighted by molar-refractivity contribution is 9.10. The van der Waals surface area contributed by atoms with Gasteiger partial charge in [-0.05, 0) is 41.4 Å². The summed E-state index contributed by atoms with van der Waals surface area (Å²) >= 11 is 3.52. The summed E-state index contributed by atoms with van der Waals surface area (Å²) in [6.07, 6.45) is 3.43. The van der Waals surface area contributed by atoms with Crippen LogP contribution < -0.4 is 0 Å². The van der Waals surface area contributed by atoms with Crippen LogP contribution in [0, 0.1) is 11.6 Å². The van der Waals surface area contributed by atoms with Crippen molar-refractivity contribution in [2.45, 2.75) is 38.5 Å². The molecule has 2 atom stereocenters. The standard InChI is InChI=1S/C21H20BrF2N5O/c1-3-19-15-5-4-6-17(22)20(15)27-29(19)13(2)21(30,10-28-12-25-11-26-28)16-8-7-14(23)9-18(16)24/h4-9,11-13,30H,3,10H2,1-2H3/t13-,21-/m1/s1. The van der Waals surface area contributed by atoms with Gasteiger partial charge in [-0.15, -0.1) is 0 Å². The molecule has 0 radical (unpaired) electrons. The number of fused-ring (bicyclic) bond motifs is 1. The monoisotopic (exact) mass is 475 g/mol. The van der Waals surface area contributed by atoms with Crippen LogP contribution in [0.4, 0.5) is 8.78 Å². The summed E-state index contributed by atoms with van der Waals surface area (Å²) in [6.45, 7) is 3.67. The molecule has 30 heavy (non-hydrogen) atoms. The predicted octanol–water partition coefficient (Wildman–Crippen LogP) is 4.38. The van der Waals surface area contributed by atoms with Gasteiger partial charge in [-0.3, -0.25) is 4.68 Å². The van der Waals surface area contributed by atoms with E-state index in [0.29, 0.717) is 6.42 Å². The maximum absolute atomic E-state index is 14.8. The summed E-state index contributed by atoms with van der Waals surface area (Å²) in [6, 6.07) is 8.25. The van der Waals surface area contributed by atoms with Gasteiger partial charge < -0.3 is 5.11 Å². The minimum atomic E-state index is -1.77. The van der Waals surface area contributed by atoms with Gasteiger partial charge in [-0.2, -0.15) is 10.2 Å². The zero-order valence-electron chi connectivity index (χ0n) is 16.4. The topological polar surface area (TPSA) is 68.8 Å². The molecule has 0 unspecified atom stereocenters. The van der Waals surface area contributed by atoms with Crippen LogP contribution in [0.2, 0.25) is 0 Å². The molecule has 0 amide bonds. The molecule has 0 aliphatic heterocycles. The van der Waals surface area contributed by atoms with Gasteiger partial charge in [0.25, 0.3) is 0 Å². The molecule has 6 nitrogen and oxygen atoms in total. The lowest BCUT2D eigenvalue weighted by molar-refractivity contribution is -0.0374. The van der Waals surface area contributed by atoms with Crippen LogP contribution in [0.1, 0.15) is 31.1 Å². The third kappa shape index (κ3) is 3.41.